The fourth-order valence-corrected chi connectivity index (χ4v) is 2.75. The van der Waals surface area contributed by atoms with Crippen LogP contribution in [-0.2, 0) is 11.2 Å². The molecule has 0 saturated heterocycles. The molecule has 22 heavy (non-hydrogen) atoms. The number of aromatic nitrogens is 1. The van der Waals surface area contributed by atoms with Crippen molar-refractivity contribution in [2.75, 3.05) is 5.32 Å². The molecule has 0 atom stereocenters. The molecule has 0 radical (unpaired) electrons. The quantitative estimate of drug-likeness (QED) is 0.785. The molecule has 0 saturated carbocycles. The van der Waals surface area contributed by atoms with Gasteiger partial charge in [-0.1, -0.05) is 28.9 Å². The number of amides is 1. The van der Waals surface area contributed by atoms with Crippen molar-refractivity contribution in [2.45, 2.75) is 20.3 Å². The Morgan fingerprint density at radius 2 is 2.09 bits per heavy atom. The molecule has 112 valence electrons. The second-order valence-electron chi connectivity index (χ2n) is 5.32. The first-order valence-corrected chi connectivity index (χ1v) is 7.31. The molecule has 0 unspecified atom stereocenters. The number of halogens is 1. The van der Waals surface area contributed by atoms with Gasteiger partial charge in [0.1, 0.15) is 5.69 Å². The number of carbonyl (C=O) groups is 1. The van der Waals surface area contributed by atoms with E-state index in [9.17, 15) is 4.79 Å². The van der Waals surface area contributed by atoms with Gasteiger partial charge in [-0.05, 0) is 49.2 Å². The molecule has 0 aliphatic rings. The van der Waals surface area contributed by atoms with E-state index in [1.807, 2.05) is 19.9 Å². The number of nitrogens with one attached hydrogen (secondary N) is 1. The van der Waals surface area contributed by atoms with Crippen LogP contribution in [0, 0.1) is 13.8 Å². The highest BCUT2D eigenvalue weighted by Gasteiger charge is 2.15. The van der Waals surface area contributed by atoms with E-state index in [-0.39, 0.29) is 12.3 Å². The number of rotatable bonds is 3. The number of fused-ring (bicyclic) bond motifs is 1. The molecule has 5 heteroatoms. The molecule has 1 aromatic heterocycles. The summed E-state index contributed by atoms with van der Waals surface area (Å²) in [5.41, 5.74) is 4.19. The lowest BCUT2D eigenvalue weighted by molar-refractivity contribution is -0.115. The van der Waals surface area contributed by atoms with Gasteiger partial charge in [0.25, 0.3) is 0 Å². The summed E-state index contributed by atoms with van der Waals surface area (Å²) in [6, 6.07) is 11.0. The van der Waals surface area contributed by atoms with Gasteiger partial charge in [-0.15, -0.1) is 0 Å². The topological polar surface area (TPSA) is 55.1 Å². The van der Waals surface area contributed by atoms with Gasteiger partial charge >= 0.3 is 0 Å². The van der Waals surface area contributed by atoms with Gasteiger partial charge in [-0.3, -0.25) is 4.79 Å². The Hall–Kier alpha value is -2.33. The van der Waals surface area contributed by atoms with Crippen LogP contribution in [0.4, 0.5) is 5.69 Å². The molecule has 0 bridgehead atoms. The maximum atomic E-state index is 12.2. The van der Waals surface area contributed by atoms with E-state index in [0.717, 1.165) is 16.5 Å². The summed E-state index contributed by atoms with van der Waals surface area (Å²) in [5.74, 6) is -0.155. The van der Waals surface area contributed by atoms with Crippen molar-refractivity contribution in [3.8, 4) is 0 Å². The zero-order valence-electron chi connectivity index (χ0n) is 12.3. The smallest absolute Gasteiger partial charge is 0.230 e. The van der Waals surface area contributed by atoms with E-state index < -0.39 is 0 Å². The summed E-state index contributed by atoms with van der Waals surface area (Å²) in [5, 5.41) is 8.33. The van der Waals surface area contributed by atoms with E-state index in [0.29, 0.717) is 22.0 Å². The summed E-state index contributed by atoms with van der Waals surface area (Å²) in [4.78, 5) is 12.2. The number of nitrogens with zero attached hydrogens (tertiary/aromatic N) is 1. The third-order valence-electron chi connectivity index (χ3n) is 3.42. The number of aryl methyl sites for hydroxylation is 2. The third kappa shape index (κ3) is 2.97. The molecule has 3 aromatic rings. The Bertz CT molecular complexity index is 855. The summed E-state index contributed by atoms with van der Waals surface area (Å²) < 4.78 is 5.33. The molecular formula is C17H15ClN2O2. The molecule has 0 aliphatic carbocycles. The van der Waals surface area contributed by atoms with E-state index >= 15 is 0 Å². The average Bonchev–Trinajstić information content (AvgIpc) is 2.81. The van der Waals surface area contributed by atoms with Crippen molar-refractivity contribution in [2.24, 2.45) is 0 Å². The van der Waals surface area contributed by atoms with Crippen molar-refractivity contribution in [3.05, 3.63) is 58.2 Å². The predicted molar refractivity (Wildman–Crippen MR) is 87.3 cm³/mol. The van der Waals surface area contributed by atoms with Gasteiger partial charge in [-0.25, -0.2) is 0 Å². The highest BCUT2D eigenvalue weighted by atomic mass is 35.5. The van der Waals surface area contributed by atoms with Crippen molar-refractivity contribution in [3.63, 3.8) is 0 Å². The molecule has 1 N–H and O–H groups in total. The Morgan fingerprint density at radius 1 is 1.27 bits per heavy atom. The first-order valence-electron chi connectivity index (χ1n) is 6.94. The molecule has 1 amide bonds. The SMILES string of the molecule is Cc1cc(C)c2c(CC(=O)Nc3cccc(Cl)c3)noc2c1. The lowest BCUT2D eigenvalue weighted by atomic mass is 10.0. The Labute approximate surface area is 133 Å². The molecule has 0 fully saturated rings. The van der Waals surface area contributed by atoms with E-state index in [4.69, 9.17) is 16.1 Å². The van der Waals surface area contributed by atoms with E-state index in [1.54, 1.807) is 24.3 Å². The Morgan fingerprint density at radius 3 is 2.86 bits per heavy atom. The van der Waals surface area contributed by atoms with Gasteiger partial charge in [0.05, 0.1) is 6.42 Å². The van der Waals surface area contributed by atoms with Crippen LogP contribution in [0.5, 0.6) is 0 Å². The molecule has 2 aromatic carbocycles. The zero-order chi connectivity index (χ0) is 15.7. The first kappa shape index (κ1) is 14.6. The van der Waals surface area contributed by atoms with Crippen LogP contribution in [-0.4, -0.2) is 11.1 Å². The number of hydrogen-bond donors (Lipinski definition) is 1. The second kappa shape index (κ2) is 5.81. The predicted octanol–water partition coefficient (Wildman–Crippen LogP) is 4.28. The van der Waals surface area contributed by atoms with Gasteiger partial charge in [0, 0.05) is 16.1 Å². The molecular weight excluding hydrogens is 300 g/mol. The molecule has 1 heterocycles. The van der Waals surface area contributed by atoms with Crippen molar-refractivity contribution in [1.82, 2.24) is 5.16 Å². The fourth-order valence-electron chi connectivity index (χ4n) is 2.56. The number of carbonyl (C=O) groups excluding carboxylic acids is 1. The Kier molecular flexibility index (Phi) is 3.86. The van der Waals surface area contributed by atoms with Gasteiger partial charge < -0.3 is 9.84 Å². The normalized spacial score (nSPS) is 10.9. The number of benzene rings is 2. The molecule has 0 aliphatic heterocycles. The van der Waals surface area contributed by atoms with E-state index in [1.165, 1.54) is 0 Å². The van der Waals surface area contributed by atoms with Crippen molar-refractivity contribution in [1.29, 1.82) is 0 Å². The minimum absolute atomic E-state index is 0.155. The number of anilines is 1. The van der Waals surface area contributed by atoms with Gasteiger partial charge in [0.2, 0.25) is 5.91 Å². The van der Waals surface area contributed by atoms with Crippen LogP contribution in [0.3, 0.4) is 0 Å². The lowest BCUT2D eigenvalue weighted by Crippen LogP contribution is -2.14. The van der Waals surface area contributed by atoms with Gasteiger partial charge in [-0.2, -0.15) is 0 Å². The molecule has 3 rings (SSSR count). The van der Waals surface area contributed by atoms with Crippen LogP contribution >= 0.6 is 11.6 Å². The van der Waals surface area contributed by atoms with Crippen LogP contribution in [0.25, 0.3) is 11.0 Å². The monoisotopic (exact) mass is 314 g/mol. The molecule has 0 spiro atoms. The second-order valence-corrected chi connectivity index (χ2v) is 5.76. The van der Waals surface area contributed by atoms with Crippen molar-refractivity contribution >= 4 is 34.2 Å². The first-order chi connectivity index (χ1) is 10.5. The van der Waals surface area contributed by atoms with Crippen molar-refractivity contribution < 1.29 is 9.32 Å². The minimum Gasteiger partial charge on any atom is -0.356 e. The lowest BCUT2D eigenvalue weighted by Gasteiger charge is -2.05. The largest absolute Gasteiger partial charge is 0.356 e. The summed E-state index contributed by atoms with van der Waals surface area (Å²) in [6.07, 6.45) is 0.156. The maximum absolute atomic E-state index is 12.2. The summed E-state index contributed by atoms with van der Waals surface area (Å²) in [7, 11) is 0. The standard InChI is InChI=1S/C17H15ClN2O2/c1-10-6-11(2)17-14(20-22-15(17)7-10)9-16(21)19-13-5-3-4-12(18)8-13/h3-8H,9H2,1-2H3,(H,19,21). The van der Waals surface area contributed by atoms with Crippen LogP contribution in [0.15, 0.2) is 40.9 Å². The van der Waals surface area contributed by atoms with Crippen LogP contribution in [0.2, 0.25) is 5.02 Å². The average molecular weight is 315 g/mol. The highest BCUT2D eigenvalue weighted by molar-refractivity contribution is 6.30. The summed E-state index contributed by atoms with van der Waals surface area (Å²) in [6.45, 7) is 3.99. The zero-order valence-corrected chi connectivity index (χ0v) is 13.1. The third-order valence-corrected chi connectivity index (χ3v) is 3.66. The molecule has 4 nitrogen and oxygen atoms in total. The maximum Gasteiger partial charge on any atom is 0.230 e. The highest BCUT2D eigenvalue weighted by Crippen LogP contribution is 2.25. The fraction of sp³-hybridized carbons (Fsp3) is 0.176. The van der Waals surface area contributed by atoms with E-state index in [2.05, 4.69) is 16.5 Å². The Balaban J connectivity index is 1.83. The summed E-state index contributed by atoms with van der Waals surface area (Å²) >= 11 is 5.91. The number of hydrogen-bond acceptors (Lipinski definition) is 3. The van der Waals surface area contributed by atoms with Crippen LogP contribution < -0.4 is 5.32 Å². The van der Waals surface area contributed by atoms with Gasteiger partial charge in [0.15, 0.2) is 5.58 Å². The minimum atomic E-state index is -0.155. The van der Waals surface area contributed by atoms with Crippen LogP contribution in [0.1, 0.15) is 16.8 Å².